The number of hydrogen-bond donors (Lipinski definition) is 2. The number of halogens is 3. The number of hydrogen-bond acceptors (Lipinski definition) is 4. The highest BCUT2D eigenvalue weighted by Crippen LogP contribution is 2.19. The summed E-state index contributed by atoms with van der Waals surface area (Å²) in [5, 5.41) is 8.36. The van der Waals surface area contributed by atoms with Crippen LogP contribution in [0.25, 0.3) is 0 Å². The molecule has 0 saturated heterocycles. The molecular formula is C16H10ClF2N3O3. The molecule has 0 aromatic heterocycles. The van der Waals surface area contributed by atoms with Crippen LogP contribution in [0.4, 0.5) is 8.78 Å². The molecule has 9 heteroatoms. The molecule has 0 spiro atoms. The van der Waals surface area contributed by atoms with Crippen LogP contribution in [0, 0.1) is 23.0 Å². The maximum absolute atomic E-state index is 13.1. The Morgan fingerprint density at radius 3 is 2.40 bits per heavy atom. The number of nitrogens with one attached hydrogen (secondary N) is 2. The van der Waals surface area contributed by atoms with Gasteiger partial charge >= 0.3 is 0 Å². The molecule has 2 N–H and O–H groups in total. The van der Waals surface area contributed by atoms with Crippen molar-refractivity contribution in [2.45, 2.75) is 0 Å². The van der Waals surface area contributed by atoms with Gasteiger partial charge in [-0.3, -0.25) is 20.4 Å². The fraction of sp³-hybridized carbons (Fsp3) is 0.0625. The normalized spacial score (nSPS) is 9.84. The van der Waals surface area contributed by atoms with E-state index in [1.165, 1.54) is 24.3 Å². The van der Waals surface area contributed by atoms with Gasteiger partial charge in [-0.25, -0.2) is 8.78 Å². The van der Waals surface area contributed by atoms with Crippen molar-refractivity contribution in [3.63, 3.8) is 0 Å². The van der Waals surface area contributed by atoms with Gasteiger partial charge < -0.3 is 4.74 Å². The first-order chi connectivity index (χ1) is 11.9. The average molecular weight is 366 g/mol. The Labute approximate surface area is 145 Å². The van der Waals surface area contributed by atoms with Crippen molar-refractivity contribution >= 4 is 23.4 Å². The van der Waals surface area contributed by atoms with E-state index in [2.05, 4.69) is 0 Å². The topological polar surface area (TPSA) is 91.2 Å². The van der Waals surface area contributed by atoms with Crippen LogP contribution in [-0.4, -0.2) is 18.4 Å². The lowest BCUT2D eigenvalue weighted by atomic mass is 10.2. The van der Waals surface area contributed by atoms with Crippen molar-refractivity contribution in [1.29, 1.82) is 5.26 Å². The molecule has 0 saturated carbocycles. The van der Waals surface area contributed by atoms with Crippen molar-refractivity contribution in [2.75, 3.05) is 6.61 Å². The molecule has 0 aliphatic rings. The Morgan fingerprint density at radius 1 is 1.12 bits per heavy atom. The van der Waals surface area contributed by atoms with Gasteiger partial charge in [0, 0.05) is 0 Å². The highest BCUT2D eigenvalue weighted by molar-refractivity contribution is 6.33. The fourth-order valence-electron chi connectivity index (χ4n) is 1.70. The van der Waals surface area contributed by atoms with Gasteiger partial charge in [0.2, 0.25) is 0 Å². The number of amides is 2. The number of carbonyl (C=O) groups is 2. The number of benzene rings is 2. The van der Waals surface area contributed by atoms with Gasteiger partial charge in [0.25, 0.3) is 11.8 Å². The van der Waals surface area contributed by atoms with Gasteiger partial charge in [0.15, 0.2) is 18.2 Å². The Bertz CT molecular complexity index is 851. The molecule has 0 bridgehead atoms. The second-order valence-electron chi connectivity index (χ2n) is 4.67. The largest absolute Gasteiger partial charge is 0.484 e. The molecule has 0 unspecified atom stereocenters. The molecule has 2 aromatic carbocycles. The number of rotatable bonds is 4. The quantitative estimate of drug-likeness (QED) is 0.642. The minimum Gasteiger partial charge on any atom is -0.484 e. The number of nitrogens with zero attached hydrogens (tertiary/aromatic N) is 1. The van der Waals surface area contributed by atoms with E-state index in [0.717, 1.165) is 0 Å². The number of ether oxygens (including phenoxy) is 1. The zero-order valence-corrected chi connectivity index (χ0v) is 13.2. The molecule has 25 heavy (non-hydrogen) atoms. The third-order valence-corrected chi connectivity index (χ3v) is 3.24. The van der Waals surface area contributed by atoms with E-state index in [9.17, 15) is 18.4 Å². The molecule has 0 fully saturated rings. The third-order valence-electron chi connectivity index (χ3n) is 2.92. The zero-order chi connectivity index (χ0) is 18.4. The molecule has 0 atom stereocenters. The summed E-state index contributed by atoms with van der Waals surface area (Å²) in [6.45, 7) is -0.419. The van der Waals surface area contributed by atoms with Crippen molar-refractivity contribution in [3.8, 4) is 11.8 Å². The van der Waals surface area contributed by atoms with E-state index in [1.54, 1.807) is 0 Å². The van der Waals surface area contributed by atoms with E-state index < -0.39 is 30.1 Å². The SMILES string of the molecule is N#Cc1ccc(OCC(=O)NNC(=O)c2cc(F)c(F)cc2Cl)cc1. The second kappa shape index (κ2) is 8.08. The lowest BCUT2D eigenvalue weighted by Crippen LogP contribution is -2.44. The highest BCUT2D eigenvalue weighted by atomic mass is 35.5. The van der Waals surface area contributed by atoms with Gasteiger partial charge in [-0.2, -0.15) is 5.26 Å². The standard InChI is InChI=1S/C16H10ClF2N3O3/c17-12-6-14(19)13(18)5-11(12)16(24)22-21-15(23)8-25-10-3-1-9(7-20)2-4-10/h1-6H,8H2,(H,21,23)(H,22,24). The van der Waals surface area contributed by atoms with Crippen LogP contribution in [0.15, 0.2) is 36.4 Å². The Hall–Kier alpha value is -3.18. The molecule has 2 rings (SSSR count). The van der Waals surface area contributed by atoms with E-state index >= 15 is 0 Å². The maximum Gasteiger partial charge on any atom is 0.276 e. The van der Waals surface area contributed by atoms with Crippen LogP contribution >= 0.6 is 11.6 Å². The summed E-state index contributed by atoms with van der Waals surface area (Å²) in [5.74, 6) is -3.71. The van der Waals surface area contributed by atoms with Crippen LogP contribution in [0.5, 0.6) is 5.75 Å². The maximum atomic E-state index is 13.1. The lowest BCUT2D eigenvalue weighted by Gasteiger charge is -2.10. The van der Waals surface area contributed by atoms with Crippen LogP contribution < -0.4 is 15.6 Å². The van der Waals surface area contributed by atoms with Gasteiger partial charge in [0.05, 0.1) is 22.2 Å². The molecule has 0 heterocycles. The summed E-state index contributed by atoms with van der Waals surface area (Å²) in [6.07, 6.45) is 0. The van der Waals surface area contributed by atoms with Crippen LogP contribution in [0.2, 0.25) is 5.02 Å². The summed E-state index contributed by atoms with van der Waals surface area (Å²) < 4.78 is 31.2. The first-order valence-corrected chi connectivity index (χ1v) is 7.15. The first kappa shape index (κ1) is 18.2. The van der Waals surface area contributed by atoms with Crippen molar-refractivity contribution in [3.05, 3.63) is 64.2 Å². The number of hydrazine groups is 1. The number of carbonyl (C=O) groups excluding carboxylic acids is 2. The van der Waals surface area contributed by atoms with E-state index in [0.29, 0.717) is 23.4 Å². The van der Waals surface area contributed by atoms with Crippen molar-refractivity contribution in [1.82, 2.24) is 10.9 Å². The van der Waals surface area contributed by atoms with Gasteiger partial charge in [-0.1, -0.05) is 11.6 Å². The zero-order valence-electron chi connectivity index (χ0n) is 12.5. The fourth-order valence-corrected chi connectivity index (χ4v) is 1.94. The van der Waals surface area contributed by atoms with Gasteiger partial charge in [-0.05, 0) is 36.4 Å². The van der Waals surface area contributed by atoms with Crippen LogP contribution in [0.3, 0.4) is 0 Å². The Balaban J connectivity index is 1.86. The van der Waals surface area contributed by atoms with E-state index in [1.807, 2.05) is 16.9 Å². The number of nitriles is 1. The molecule has 0 aliphatic carbocycles. The average Bonchev–Trinajstić information content (AvgIpc) is 2.61. The monoisotopic (exact) mass is 365 g/mol. The molecule has 0 aliphatic heterocycles. The van der Waals surface area contributed by atoms with E-state index in [-0.39, 0.29) is 10.6 Å². The smallest absolute Gasteiger partial charge is 0.276 e. The van der Waals surface area contributed by atoms with Crippen molar-refractivity contribution in [2.24, 2.45) is 0 Å². The molecular weight excluding hydrogens is 356 g/mol. The molecule has 128 valence electrons. The molecule has 2 amide bonds. The third kappa shape index (κ3) is 4.89. The predicted octanol–water partition coefficient (Wildman–Crippen LogP) is 2.33. The van der Waals surface area contributed by atoms with Crippen molar-refractivity contribution < 1.29 is 23.1 Å². The predicted molar refractivity (Wildman–Crippen MR) is 83.6 cm³/mol. The Morgan fingerprint density at radius 2 is 1.76 bits per heavy atom. The lowest BCUT2D eigenvalue weighted by molar-refractivity contribution is -0.123. The van der Waals surface area contributed by atoms with Gasteiger partial charge in [-0.15, -0.1) is 0 Å². The minimum absolute atomic E-state index is 0.306. The highest BCUT2D eigenvalue weighted by Gasteiger charge is 2.15. The summed E-state index contributed by atoms with van der Waals surface area (Å²) in [4.78, 5) is 23.4. The summed E-state index contributed by atoms with van der Waals surface area (Å²) >= 11 is 5.65. The first-order valence-electron chi connectivity index (χ1n) is 6.77. The second-order valence-corrected chi connectivity index (χ2v) is 5.08. The molecule has 0 radical (unpaired) electrons. The minimum atomic E-state index is -1.25. The summed E-state index contributed by atoms with van der Waals surface area (Å²) in [7, 11) is 0. The van der Waals surface area contributed by atoms with E-state index in [4.69, 9.17) is 21.6 Å². The summed E-state index contributed by atoms with van der Waals surface area (Å²) in [5.41, 5.74) is 4.15. The summed E-state index contributed by atoms with van der Waals surface area (Å²) in [6, 6.07) is 9.25. The Kier molecular flexibility index (Phi) is 5.87. The van der Waals surface area contributed by atoms with Crippen LogP contribution in [-0.2, 0) is 4.79 Å². The molecule has 2 aromatic rings. The van der Waals surface area contributed by atoms with Gasteiger partial charge in [0.1, 0.15) is 5.75 Å². The van der Waals surface area contributed by atoms with Crippen LogP contribution in [0.1, 0.15) is 15.9 Å². The molecule has 6 nitrogen and oxygen atoms in total.